The Labute approximate surface area is 153 Å². The summed E-state index contributed by atoms with van der Waals surface area (Å²) in [5.74, 6) is 1.73. The van der Waals surface area contributed by atoms with Crippen LogP contribution in [0, 0.1) is 37.0 Å². The quantitative estimate of drug-likeness (QED) is 0.769. The van der Waals surface area contributed by atoms with E-state index < -0.39 is 17.7 Å². The summed E-state index contributed by atoms with van der Waals surface area (Å²) in [7, 11) is 0. The highest BCUT2D eigenvalue weighted by Gasteiger charge is 2.55. The van der Waals surface area contributed by atoms with Crippen molar-refractivity contribution in [3.05, 3.63) is 33.4 Å². The molecule has 4 fully saturated rings. The van der Waals surface area contributed by atoms with Crippen LogP contribution in [0.25, 0.3) is 0 Å². The van der Waals surface area contributed by atoms with Gasteiger partial charge < -0.3 is 9.15 Å². The van der Waals surface area contributed by atoms with Crippen LogP contribution in [0.4, 0.5) is 0 Å². The van der Waals surface area contributed by atoms with Crippen LogP contribution < -0.4 is 5.63 Å². The molecule has 0 radical (unpaired) electrons. The molecule has 5 rings (SSSR count). The third-order valence-corrected chi connectivity index (χ3v) is 6.75. The number of esters is 1. The topological polar surface area (TPSA) is 73.6 Å². The number of carbonyl (C=O) groups is 2. The van der Waals surface area contributed by atoms with E-state index in [0.29, 0.717) is 23.3 Å². The molecule has 5 heteroatoms. The van der Waals surface area contributed by atoms with Gasteiger partial charge in [-0.3, -0.25) is 4.79 Å². The molecule has 0 unspecified atom stereocenters. The van der Waals surface area contributed by atoms with Crippen molar-refractivity contribution in [2.45, 2.75) is 65.4 Å². The zero-order chi connectivity index (χ0) is 18.6. The second kappa shape index (κ2) is 6.07. The van der Waals surface area contributed by atoms with Crippen molar-refractivity contribution in [3.8, 4) is 0 Å². The van der Waals surface area contributed by atoms with Crippen molar-refractivity contribution >= 4 is 11.8 Å². The van der Waals surface area contributed by atoms with Crippen molar-refractivity contribution < 1.29 is 18.7 Å². The predicted molar refractivity (Wildman–Crippen MR) is 94.9 cm³/mol. The van der Waals surface area contributed by atoms with Gasteiger partial charge in [0.2, 0.25) is 0 Å². The lowest BCUT2D eigenvalue weighted by molar-refractivity contribution is -0.152. The first-order chi connectivity index (χ1) is 12.3. The zero-order valence-electron chi connectivity index (χ0n) is 15.7. The van der Waals surface area contributed by atoms with Gasteiger partial charge in [0.15, 0.2) is 11.9 Å². The molecular formula is C21H26O5. The van der Waals surface area contributed by atoms with E-state index in [9.17, 15) is 14.4 Å². The number of rotatable bonds is 4. The second-order valence-corrected chi connectivity index (χ2v) is 8.79. The SMILES string of the molecule is Cc1cc(=O)oc(C)c1C(=O)O[C@@H](C)C(=O)C12CC3CC(CC(C3)C1)C2. The van der Waals surface area contributed by atoms with Crippen LogP contribution in [0.3, 0.4) is 0 Å². The predicted octanol–water partition coefficient (Wildman–Crippen LogP) is 3.59. The van der Waals surface area contributed by atoms with Crippen LogP contribution in [0.5, 0.6) is 0 Å². The number of ketones is 1. The van der Waals surface area contributed by atoms with E-state index in [-0.39, 0.29) is 22.5 Å². The maximum atomic E-state index is 13.2. The first-order valence-electron chi connectivity index (χ1n) is 9.64. The minimum atomic E-state index is -0.774. The molecule has 0 spiro atoms. The summed E-state index contributed by atoms with van der Waals surface area (Å²) < 4.78 is 10.6. The van der Waals surface area contributed by atoms with Gasteiger partial charge in [-0.2, -0.15) is 0 Å². The van der Waals surface area contributed by atoms with Crippen LogP contribution in [0.2, 0.25) is 0 Å². The minimum Gasteiger partial charge on any atom is -0.451 e. The van der Waals surface area contributed by atoms with Gasteiger partial charge in [-0.15, -0.1) is 0 Å². The Hall–Kier alpha value is -1.91. The normalized spacial score (nSPS) is 33.1. The van der Waals surface area contributed by atoms with Crippen molar-refractivity contribution in [2.75, 3.05) is 0 Å². The average molecular weight is 358 g/mol. The Morgan fingerprint density at radius 3 is 2.15 bits per heavy atom. The van der Waals surface area contributed by atoms with E-state index in [0.717, 1.165) is 19.3 Å². The Bertz CT molecular complexity index is 757. The number of Topliss-reactive ketones (excluding diaryl/α,β-unsaturated/α-hetero) is 1. The largest absolute Gasteiger partial charge is 0.451 e. The fourth-order valence-electron chi connectivity index (χ4n) is 6.18. The molecule has 1 aromatic rings. The molecule has 5 nitrogen and oxygen atoms in total. The molecule has 0 aromatic carbocycles. The Morgan fingerprint density at radius 1 is 1.12 bits per heavy atom. The molecule has 4 aliphatic rings. The summed E-state index contributed by atoms with van der Waals surface area (Å²) in [5.41, 5.74) is -0.0240. The maximum absolute atomic E-state index is 13.2. The summed E-state index contributed by atoms with van der Waals surface area (Å²) in [6.07, 6.45) is 5.89. The molecule has 1 atom stereocenters. The summed E-state index contributed by atoms with van der Waals surface area (Å²) in [4.78, 5) is 37.2. The van der Waals surface area contributed by atoms with Crippen molar-refractivity contribution in [3.63, 3.8) is 0 Å². The molecule has 4 saturated carbocycles. The molecule has 4 aliphatic carbocycles. The van der Waals surface area contributed by atoms with Gasteiger partial charge in [-0.1, -0.05) is 0 Å². The van der Waals surface area contributed by atoms with E-state index in [1.807, 2.05) is 0 Å². The van der Waals surface area contributed by atoms with Crippen LogP contribution in [-0.4, -0.2) is 17.9 Å². The van der Waals surface area contributed by atoms with E-state index in [1.54, 1.807) is 20.8 Å². The highest BCUT2D eigenvalue weighted by molar-refractivity contribution is 5.96. The first kappa shape index (κ1) is 17.5. The van der Waals surface area contributed by atoms with Gasteiger partial charge in [0, 0.05) is 11.5 Å². The minimum absolute atomic E-state index is 0.0811. The molecule has 4 bridgehead atoms. The average Bonchev–Trinajstić information content (AvgIpc) is 2.51. The third-order valence-electron chi connectivity index (χ3n) is 6.75. The zero-order valence-corrected chi connectivity index (χ0v) is 15.7. The molecule has 0 saturated heterocycles. The molecule has 1 heterocycles. The van der Waals surface area contributed by atoms with Crippen molar-refractivity contribution in [1.29, 1.82) is 0 Å². The summed E-state index contributed by atoms with van der Waals surface area (Å²) >= 11 is 0. The Morgan fingerprint density at radius 2 is 1.65 bits per heavy atom. The van der Waals surface area contributed by atoms with E-state index in [1.165, 1.54) is 25.3 Å². The lowest BCUT2D eigenvalue weighted by atomic mass is 9.48. The number of ether oxygens (including phenoxy) is 1. The second-order valence-electron chi connectivity index (χ2n) is 8.79. The van der Waals surface area contributed by atoms with Gasteiger partial charge in [-0.05, 0) is 82.6 Å². The lowest BCUT2D eigenvalue weighted by Crippen LogP contribution is -2.52. The van der Waals surface area contributed by atoms with Gasteiger partial charge in [-0.25, -0.2) is 9.59 Å². The van der Waals surface area contributed by atoms with Crippen LogP contribution in [-0.2, 0) is 9.53 Å². The molecule has 0 aliphatic heterocycles. The maximum Gasteiger partial charge on any atom is 0.342 e. The van der Waals surface area contributed by atoms with E-state index >= 15 is 0 Å². The van der Waals surface area contributed by atoms with Crippen LogP contribution in [0.15, 0.2) is 15.3 Å². The lowest BCUT2D eigenvalue weighted by Gasteiger charge is -2.56. The fraction of sp³-hybridized carbons (Fsp3) is 0.667. The number of carbonyl (C=O) groups excluding carboxylic acids is 2. The van der Waals surface area contributed by atoms with Gasteiger partial charge >= 0.3 is 11.6 Å². The number of hydrogen-bond acceptors (Lipinski definition) is 5. The van der Waals surface area contributed by atoms with Gasteiger partial charge in [0.05, 0.1) is 0 Å². The fourth-order valence-corrected chi connectivity index (χ4v) is 6.18. The molecule has 140 valence electrons. The van der Waals surface area contributed by atoms with Crippen LogP contribution in [0.1, 0.15) is 67.1 Å². The molecule has 0 N–H and O–H groups in total. The molecule has 0 amide bonds. The molecule has 26 heavy (non-hydrogen) atoms. The monoisotopic (exact) mass is 358 g/mol. The van der Waals surface area contributed by atoms with E-state index in [2.05, 4.69) is 0 Å². The molecule has 1 aromatic heterocycles. The Kier molecular flexibility index (Phi) is 4.08. The summed E-state index contributed by atoms with van der Waals surface area (Å²) in [6.45, 7) is 4.92. The van der Waals surface area contributed by atoms with Crippen molar-refractivity contribution in [2.24, 2.45) is 23.2 Å². The van der Waals surface area contributed by atoms with Gasteiger partial charge in [0.25, 0.3) is 0 Å². The van der Waals surface area contributed by atoms with Crippen molar-refractivity contribution in [1.82, 2.24) is 0 Å². The first-order valence-corrected chi connectivity index (χ1v) is 9.64. The molecular weight excluding hydrogens is 332 g/mol. The number of aryl methyl sites for hydroxylation is 2. The number of hydrogen-bond donors (Lipinski definition) is 0. The summed E-state index contributed by atoms with van der Waals surface area (Å²) in [5, 5.41) is 0. The standard InChI is InChI=1S/C21H26O5/c1-11-4-17(22)25-12(2)18(11)20(24)26-13(3)19(23)21-8-14-5-15(9-21)7-16(6-14)10-21/h4,13-16H,5-10H2,1-3H3/t13-,14?,15?,16?,21?/m0/s1. The van der Waals surface area contributed by atoms with Crippen LogP contribution >= 0.6 is 0 Å². The smallest absolute Gasteiger partial charge is 0.342 e. The highest BCUT2D eigenvalue weighted by Crippen LogP contribution is 2.60. The van der Waals surface area contributed by atoms with E-state index in [4.69, 9.17) is 9.15 Å². The summed E-state index contributed by atoms with van der Waals surface area (Å²) in [6, 6.07) is 1.27. The van der Waals surface area contributed by atoms with Gasteiger partial charge in [0.1, 0.15) is 11.3 Å². The highest BCUT2D eigenvalue weighted by atomic mass is 16.5. The Balaban J connectivity index is 1.52. The third kappa shape index (κ3) is 2.81.